The highest BCUT2D eigenvalue weighted by Gasteiger charge is 2.17. The lowest BCUT2D eigenvalue weighted by molar-refractivity contribution is -0.116. The first-order chi connectivity index (χ1) is 13.5. The number of nitrogens with zero attached hydrogens (tertiary/aromatic N) is 1. The number of amides is 1. The predicted molar refractivity (Wildman–Crippen MR) is 119 cm³/mol. The molecule has 0 unspecified atom stereocenters. The summed E-state index contributed by atoms with van der Waals surface area (Å²) < 4.78 is 6.26. The van der Waals surface area contributed by atoms with E-state index in [1.807, 2.05) is 67.6 Å². The number of hydrogen-bond acceptors (Lipinski definition) is 3. The number of halogens is 1. The minimum Gasteiger partial charge on any atom is -0.467 e. The highest BCUT2D eigenvalue weighted by Crippen LogP contribution is 2.21. The van der Waals surface area contributed by atoms with Crippen LogP contribution in [-0.4, -0.2) is 22.5 Å². The Kier molecular flexibility index (Phi) is 6.84. The van der Waals surface area contributed by atoms with Crippen molar-refractivity contribution in [2.24, 2.45) is 0 Å². The van der Waals surface area contributed by atoms with Gasteiger partial charge in [0.15, 0.2) is 5.11 Å². The molecule has 0 bridgehead atoms. The first kappa shape index (κ1) is 20.1. The Morgan fingerprint density at radius 2 is 1.75 bits per heavy atom. The summed E-state index contributed by atoms with van der Waals surface area (Å²) in [4.78, 5) is 14.4. The van der Waals surface area contributed by atoms with Gasteiger partial charge in [-0.25, -0.2) is 0 Å². The largest absolute Gasteiger partial charge is 0.467 e. The molecule has 0 aliphatic rings. The highest BCUT2D eigenvalue weighted by molar-refractivity contribution is 9.10. The van der Waals surface area contributed by atoms with Gasteiger partial charge in [-0.1, -0.05) is 30.3 Å². The number of rotatable bonds is 6. The molecule has 1 amide bonds. The number of benzene rings is 2. The highest BCUT2D eigenvalue weighted by atomic mass is 79.9. The number of hydrogen-bond donors (Lipinski definition) is 2. The maximum atomic E-state index is 12.6. The van der Waals surface area contributed by atoms with Gasteiger partial charge in [-0.2, -0.15) is 0 Å². The molecule has 144 valence electrons. The van der Waals surface area contributed by atoms with Crippen LogP contribution >= 0.6 is 28.1 Å². The van der Waals surface area contributed by atoms with Crippen LogP contribution in [0.2, 0.25) is 0 Å². The predicted octanol–water partition coefficient (Wildman–Crippen LogP) is 5.19. The smallest absolute Gasteiger partial charge is 0.244 e. The maximum absolute atomic E-state index is 12.6. The molecule has 0 aliphatic heterocycles. The molecule has 28 heavy (non-hydrogen) atoms. The number of carbonyl (C=O) groups is 1. The molecule has 0 radical (unpaired) electrons. The third-order valence-electron chi connectivity index (χ3n) is 4.08. The van der Waals surface area contributed by atoms with E-state index in [0.717, 1.165) is 21.5 Å². The Balaban J connectivity index is 1.73. The second kappa shape index (κ2) is 9.52. The van der Waals surface area contributed by atoms with Crippen LogP contribution in [0.4, 0.5) is 11.4 Å². The lowest BCUT2D eigenvalue weighted by Crippen LogP contribution is -2.40. The molecule has 7 heteroatoms. The lowest BCUT2D eigenvalue weighted by atomic mass is 10.2. The number of para-hydroxylation sites is 2. The monoisotopic (exact) mass is 457 g/mol. The Labute approximate surface area is 177 Å². The first-order valence-corrected chi connectivity index (χ1v) is 9.91. The van der Waals surface area contributed by atoms with Crippen molar-refractivity contribution in [3.05, 3.63) is 82.7 Å². The van der Waals surface area contributed by atoms with Crippen molar-refractivity contribution >= 4 is 50.5 Å². The van der Waals surface area contributed by atoms with Crippen LogP contribution in [0.5, 0.6) is 0 Å². The number of aryl methyl sites for hydroxylation is 1. The van der Waals surface area contributed by atoms with Gasteiger partial charge in [-0.3, -0.25) is 4.79 Å². The summed E-state index contributed by atoms with van der Waals surface area (Å²) >= 11 is 9.02. The van der Waals surface area contributed by atoms with Crippen LogP contribution in [0.15, 0.2) is 75.8 Å². The molecule has 3 rings (SSSR count). The summed E-state index contributed by atoms with van der Waals surface area (Å²) in [5, 5.41) is 6.59. The van der Waals surface area contributed by atoms with Crippen molar-refractivity contribution in [3.63, 3.8) is 0 Å². The number of furan rings is 1. The van der Waals surface area contributed by atoms with Crippen molar-refractivity contribution in [3.8, 4) is 0 Å². The Morgan fingerprint density at radius 1 is 1.04 bits per heavy atom. The Morgan fingerprint density at radius 3 is 2.43 bits per heavy atom. The van der Waals surface area contributed by atoms with E-state index in [4.69, 9.17) is 16.6 Å². The third-order valence-corrected chi connectivity index (χ3v) is 5.13. The SMILES string of the molecule is Cc1ccccc1NC(=S)N(CC(=O)Nc1ccccc1Br)Cc1ccco1. The van der Waals surface area contributed by atoms with E-state index in [1.54, 1.807) is 11.2 Å². The van der Waals surface area contributed by atoms with Gasteiger partial charge in [0.05, 0.1) is 25.0 Å². The minimum atomic E-state index is -0.174. The quantitative estimate of drug-likeness (QED) is 0.498. The molecule has 0 saturated carbocycles. The number of anilines is 2. The van der Waals surface area contributed by atoms with E-state index in [-0.39, 0.29) is 12.5 Å². The van der Waals surface area contributed by atoms with Crippen LogP contribution in [0.25, 0.3) is 0 Å². The molecule has 0 atom stereocenters. The van der Waals surface area contributed by atoms with E-state index < -0.39 is 0 Å². The Bertz CT molecular complexity index is 960. The van der Waals surface area contributed by atoms with Gasteiger partial charge in [0, 0.05) is 10.2 Å². The standard InChI is InChI=1S/C21H20BrN3O2S/c1-15-7-2-4-10-18(15)24-21(28)25(13-16-8-6-12-27-16)14-20(26)23-19-11-5-3-9-17(19)22/h2-12H,13-14H2,1H3,(H,23,26)(H,24,28). The zero-order valence-electron chi connectivity index (χ0n) is 15.3. The molecule has 3 aromatic rings. The van der Waals surface area contributed by atoms with Gasteiger partial charge in [-0.15, -0.1) is 0 Å². The van der Waals surface area contributed by atoms with Crippen molar-refractivity contribution in [1.82, 2.24) is 4.90 Å². The fourth-order valence-corrected chi connectivity index (χ4v) is 3.25. The van der Waals surface area contributed by atoms with Crippen LogP contribution in [-0.2, 0) is 11.3 Å². The molecular formula is C21H20BrN3O2S. The molecule has 0 spiro atoms. The van der Waals surface area contributed by atoms with Crippen molar-refractivity contribution < 1.29 is 9.21 Å². The van der Waals surface area contributed by atoms with Crippen LogP contribution in [0.3, 0.4) is 0 Å². The van der Waals surface area contributed by atoms with E-state index in [1.165, 1.54) is 0 Å². The lowest BCUT2D eigenvalue weighted by Gasteiger charge is -2.25. The van der Waals surface area contributed by atoms with Gasteiger partial charge in [0.2, 0.25) is 5.91 Å². The zero-order valence-corrected chi connectivity index (χ0v) is 17.7. The second-order valence-electron chi connectivity index (χ2n) is 6.21. The van der Waals surface area contributed by atoms with E-state index in [0.29, 0.717) is 17.3 Å². The molecule has 1 heterocycles. The van der Waals surface area contributed by atoms with E-state index in [9.17, 15) is 4.79 Å². The van der Waals surface area contributed by atoms with Gasteiger partial charge in [0.1, 0.15) is 5.76 Å². The number of carbonyl (C=O) groups excluding carboxylic acids is 1. The minimum absolute atomic E-state index is 0.0831. The molecule has 2 N–H and O–H groups in total. The summed E-state index contributed by atoms with van der Waals surface area (Å²) in [6.07, 6.45) is 1.60. The van der Waals surface area contributed by atoms with Crippen LogP contribution in [0.1, 0.15) is 11.3 Å². The molecular weight excluding hydrogens is 438 g/mol. The average Bonchev–Trinajstić information content (AvgIpc) is 3.18. The van der Waals surface area contributed by atoms with Crippen molar-refractivity contribution in [2.75, 3.05) is 17.2 Å². The molecule has 0 saturated heterocycles. The van der Waals surface area contributed by atoms with E-state index >= 15 is 0 Å². The van der Waals surface area contributed by atoms with Crippen molar-refractivity contribution in [2.45, 2.75) is 13.5 Å². The summed E-state index contributed by atoms with van der Waals surface area (Å²) in [6.45, 7) is 2.47. The molecule has 0 aliphatic carbocycles. The summed E-state index contributed by atoms with van der Waals surface area (Å²) in [5.74, 6) is 0.551. The fourth-order valence-electron chi connectivity index (χ4n) is 2.62. The molecule has 1 aromatic heterocycles. The van der Waals surface area contributed by atoms with E-state index in [2.05, 4.69) is 26.6 Å². The molecule has 0 fully saturated rings. The van der Waals surface area contributed by atoms with Gasteiger partial charge >= 0.3 is 0 Å². The molecule has 5 nitrogen and oxygen atoms in total. The van der Waals surface area contributed by atoms with Crippen molar-refractivity contribution in [1.29, 1.82) is 0 Å². The normalized spacial score (nSPS) is 10.4. The number of nitrogens with one attached hydrogen (secondary N) is 2. The summed E-state index contributed by atoms with van der Waals surface area (Å²) in [5.41, 5.74) is 2.69. The zero-order chi connectivity index (χ0) is 19.9. The number of thiocarbonyl (C=S) groups is 1. The van der Waals surface area contributed by atoms with Crippen LogP contribution in [0, 0.1) is 6.92 Å². The second-order valence-corrected chi connectivity index (χ2v) is 7.45. The average molecular weight is 458 g/mol. The molecule has 2 aromatic carbocycles. The summed E-state index contributed by atoms with van der Waals surface area (Å²) in [6, 6.07) is 19.0. The third kappa shape index (κ3) is 5.43. The van der Waals surface area contributed by atoms with Gasteiger partial charge in [0.25, 0.3) is 0 Å². The topological polar surface area (TPSA) is 57.5 Å². The summed E-state index contributed by atoms with van der Waals surface area (Å²) in [7, 11) is 0. The Hall–Kier alpha value is -2.64. The first-order valence-electron chi connectivity index (χ1n) is 8.71. The maximum Gasteiger partial charge on any atom is 0.244 e. The fraction of sp³-hybridized carbons (Fsp3) is 0.143. The van der Waals surface area contributed by atoms with Crippen LogP contribution < -0.4 is 10.6 Å². The van der Waals surface area contributed by atoms with Gasteiger partial charge < -0.3 is 20.0 Å². The van der Waals surface area contributed by atoms with Gasteiger partial charge in [-0.05, 0) is 71.0 Å².